The largest absolute Gasteiger partial charge is 0.270 e. The molecule has 0 aromatic carbocycles. The van der Waals surface area contributed by atoms with Gasteiger partial charge in [-0.25, -0.2) is 8.42 Å². The van der Waals surface area contributed by atoms with Crippen molar-refractivity contribution in [2.24, 2.45) is 4.40 Å². The molecular weight excluding hydrogens is 252 g/mol. The molecule has 0 aromatic rings. The number of rotatable bonds is 2. The average Bonchev–Trinajstić information content (AvgIpc) is 2.41. The second-order valence-electron chi connectivity index (χ2n) is 2.53. The van der Waals surface area contributed by atoms with Crippen LogP contribution in [0.3, 0.4) is 0 Å². The molecule has 14 heavy (non-hydrogen) atoms. The van der Waals surface area contributed by atoms with E-state index >= 15 is 0 Å². The van der Waals surface area contributed by atoms with Crippen molar-refractivity contribution >= 4 is 37.9 Å². The molecule has 0 fully saturated rings. The fraction of sp³-hybridized carbons (Fsp3) is 0.500. The normalized spacial score (nSPS) is 19.2. The van der Waals surface area contributed by atoms with E-state index in [1.165, 1.54) is 6.92 Å². The van der Waals surface area contributed by atoms with Crippen molar-refractivity contribution in [1.82, 2.24) is 0 Å². The lowest BCUT2D eigenvalue weighted by Crippen LogP contribution is -1.90. The van der Waals surface area contributed by atoms with Crippen LogP contribution < -0.4 is 0 Å². The van der Waals surface area contributed by atoms with Crippen LogP contribution >= 0.6 is 23.5 Å². The molecule has 1 aliphatic rings. The Hall–Kier alpha value is -0.0800. The van der Waals surface area contributed by atoms with Crippen LogP contribution in [0.1, 0.15) is 6.92 Å². The molecule has 0 amide bonds. The second-order valence-corrected chi connectivity index (χ2v) is 6.72. The van der Waals surface area contributed by atoms with Gasteiger partial charge in [-0.1, -0.05) is 23.5 Å². The van der Waals surface area contributed by atoms with E-state index in [-0.39, 0.29) is 16.4 Å². The first kappa shape index (κ1) is 12.0. The van der Waals surface area contributed by atoms with Gasteiger partial charge in [0.05, 0.1) is 0 Å². The molecule has 0 aliphatic carbocycles. The van der Waals surface area contributed by atoms with E-state index in [1.54, 1.807) is 0 Å². The summed E-state index contributed by atoms with van der Waals surface area (Å²) in [6.07, 6.45) is -1.72. The Kier molecular flexibility index (Phi) is 3.96. The second kappa shape index (κ2) is 4.63. The maximum absolute atomic E-state index is 12.0. The lowest BCUT2D eigenvalue weighted by atomic mass is 10.4. The van der Waals surface area contributed by atoms with Crippen molar-refractivity contribution in [2.45, 2.75) is 6.92 Å². The molecule has 0 unspecified atom stereocenters. The lowest BCUT2D eigenvalue weighted by molar-refractivity contribution is 0.412. The third kappa shape index (κ3) is 3.58. The predicted molar refractivity (Wildman–Crippen MR) is 56.2 cm³/mol. The zero-order valence-electron chi connectivity index (χ0n) is 7.16. The Bertz CT molecular complexity index is 384. The molecule has 0 saturated carbocycles. The fourth-order valence-corrected chi connectivity index (χ4v) is 4.52. The van der Waals surface area contributed by atoms with Crippen molar-refractivity contribution in [1.29, 1.82) is 0 Å². The summed E-state index contributed by atoms with van der Waals surface area (Å²) in [4.78, 5) is 0. The number of halogens is 2. The van der Waals surface area contributed by atoms with Gasteiger partial charge in [-0.05, 0) is 6.92 Å². The van der Waals surface area contributed by atoms with E-state index in [0.29, 0.717) is 4.38 Å². The van der Waals surface area contributed by atoms with Crippen LogP contribution in [-0.2, 0) is 10.0 Å². The van der Waals surface area contributed by atoms with Gasteiger partial charge in [0, 0.05) is 11.3 Å². The molecule has 0 saturated heterocycles. The smallest absolute Gasteiger partial charge is 0.204 e. The minimum absolute atomic E-state index is 0.0532. The van der Waals surface area contributed by atoms with Crippen molar-refractivity contribution in [3.63, 3.8) is 0 Å². The van der Waals surface area contributed by atoms with Crippen molar-refractivity contribution in [3.8, 4) is 0 Å². The van der Waals surface area contributed by atoms with Gasteiger partial charge in [0.1, 0.15) is 9.46 Å². The quantitative estimate of drug-likeness (QED) is 0.763. The molecule has 0 atom stereocenters. The van der Waals surface area contributed by atoms with Crippen molar-refractivity contribution in [2.75, 3.05) is 10.8 Å². The van der Waals surface area contributed by atoms with Crippen LogP contribution in [0.25, 0.3) is 0 Å². The molecule has 0 spiro atoms. The SMILES string of the molecule is CC(CSC1=NS(=O)(=O)CS1)=C(F)F. The Morgan fingerprint density at radius 2 is 2.29 bits per heavy atom. The highest BCUT2D eigenvalue weighted by molar-refractivity contribution is 8.43. The lowest BCUT2D eigenvalue weighted by Gasteiger charge is -1.97. The number of hydrogen-bond donors (Lipinski definition) is 0. The van der Waals surface area contributed by atoms with Gasteiger partial charge >= 0.3 is 0 Å². The van der Waals surface area contributed by atoms with Gasteiger partial charge in [-0.3, -0.25) is 0 Å². The summed E-state index contributed by atoms with van der Waals surface area (Å²) < 4.78 is 49.3. The first-order chi connectivity index (χ1) is 6.41. The maximum Gasteiger partial charge on any atom is 0.270 e. The number of sulfonamides is 1. The van der Waals surface area contributed by atoms with Crippen LogP contribution in [0.4, 0.5) is 8.78 Å². The van der Waals surface area contributed by atoms with E-state index < -0.39 is 16.1 Å². The standard InChI is InChI=1S/C6H7F2NO2S3/c1-4(5(7)8)2-12-6-9-14(10,11)3-13-6/h2-3H2,1H3. The zero-order valence-corrected chi connectivity index (χ0v) is 9.61. The van der Waals surface area contributed by atoms with E-state index in [0.717, 1.165) is 23.5 Å². The molecule has 1 aliphatic heterocycles. The Labute approximate surface area is 89.1 Å². The topological polar surface area (TPSA) is 46.5 Å². The highest BCUT2D eigenvalue weighted by Gasteiger charge is 2.21. The Morgan fingerprint density at radius 3 is 2.71 bits per heavy atom. The van der Waals surface area contributed by atoms with E-state index in [4.69, 9.17) is 0 Å². The maximum atomic E-state index is 12.0. The molecule has 1 rings (SSSR count). The average molecular weight is 259 g/mol. The molecule has 1 heterocycles. The van der Waals surface area contributed by atoms with Gasteiger partial charge in [0.2, 0.25) is 0 Å². The molecule has 0 aromatic heterocycles. The van der Waals surface area contributed by atoms with E-state index in [1.807, 2.05) is 0 Å². The summed E-state index contributed by atoms with van der Waals surface area (Å²) >= 11 is 2.08. The summed E-state index contributed by atoms with van der Waals surface area (Å²) in [7, 11) is -3.34. The number of hydrogen-bond acceptors (Lipinski definition) is 4. The van der Waals surface area contributed by atoms with Gasteiger partial charge in [0.25, 0.3) is 16.1 Å². The van der Waals surface area contributed by atoms with Crippen molar-refractivity contribution < 1.29 is 17.2 Å². The zero-order chi connectivity index (χ0) is 10.8. The van der Waals surface area contributed by atoms with Crippen LogP contribution in [0.2, 0.25) is 0 Å². The summed E-state index contributed by atoms with van der Waals surface area (Å²) in [5.41, 5.74) is -0.0532. The summed E-state index contributed by atoms with van der Waals surface area (Å²) in [5, 5.41) is -0.0871. The highest BCUT2D eigenvalue weighted by Crippen LogP contribution is 2.28. The van der Waals surface area contributed by atoms with Crippen molar-refractivity contribution in [3.05, 3.63) is 11.7 Å². The van der Waals surface area contributed by atoms with Gasteiger partial charge in [-0.2, -0.15) is 8.78 Å². The highest BCUT2D eigenvalue weighted by atomic mass is 32.3. The van der Waals surface area contributed by atoms with Crippen LogP contribution in [0, 0.1) is 0 Å². The molecule has 3 nitrogen and oxygen atoms in total. The summed E-state index contributed by atoms with van der Waals surface area (Å²) in [6, 6.07) is 0. The van der Waals surface area contributed by atoms with Gasteiger partial charge < -0.3 is 0 Å². The molecule has 0 radical (unpaired) electrons. The van der Waals surface area contributed by atoms with Crippen LogP contribution in [-0.4, -0.2) is 23.6 Å². The summed E-state index contributed by atoms with van der Waals surface area (Å²) in [5.74, 6) is 0.0731. The third-order valence-corrected chi connectivity index (χ3v) is 5.60. The number of thioether (sulfide) groups is 2. The van der Waals surface area contributed by atoms with Gasteiger partial charge in [0.15, 0.2) is 0 Å². The molecule has 0 bridgehead atoms. The Balaban J connectivity index is 2.53. The molecule has 8 heteroatoms. The summed E-state index contributed by atoms with van der Waals surface area (Å²) in [6.45, 7) is 1.30. The third-order valence-electron chi connectivity index (χ3n) is 1.28. The van der Waals surface area contributed by atoms with Crippen LogP contribution in [0.15, 0.2) is 16.1 Å². The fourth-order valence-electron chi connectivity index (χ4n) is 0.584. The molecular formula is C6H7F2NO2S3. The molecule has 0 N–H and O–H groups in total. The predicted octanol–water partition coefficient (Wildman–Crippen LogP) is 2.28. The number of nitrogens with zero attached hydrogens (tertiary/aromatic N) is 1. The monoisotopic (exact) mass is 259 g/mol. The molecule has 80 valence electrons. The van der Waals surface area contributed by atoms with Gasteiger partial charge in [-0.15, -0.1) is 4.40 Å². The van der Waals surface area contributed by atoms with E-state index in [9.17, 15) is 17.2 Å². The minimum atomic E-state index is -3.34. The van der Waals surface area contributed by atoms with Crippen LogP contribution in [0.5, 0.6) is 0 Å². The minimum Gasteiger partial charge on any atom is -0.204 e. The first-order valence-electron chi connectivity index (χ1n) is 3.50. The first-order valence-corrected chi connectivity index (χ1v) is 7.08. The van der Waals surface area contributed by atoms with E-state index in [2.05, 4.69) is 4.40 Å². The Morgan fingerprint density at radius 1 is 1.64 bits per heavy atom.